The number of ether oxygens (including phenoxy) is 1. The average Bonchev–Trinajstić information content (AvgIpc) is 3.61. The van der Waals surface area contributed by atoms with E-state index in [0.29, 0.717) is 11.5 Å². The summed E-state index contributed by atoms with van der Waals surface area (Å²) in [6, 6.07) is 62.6. The number of pyridine rings is 1. The van der Waals surface area contributed by atoms with Crippen molar-refractivity contribution < 1.29 is 25.8 Å². The minimum atomic E-state index is -0.0672. The van der Waals surface area contributed by atoms with Crippen LogP contribution in [0.3, 0.4) is 0 Å². The molecule has 66 heavy (non-hydrogen) atoms. The largest absolute Gasteiger partial charge is 0.516 e. The fourth-order valence-corrected chi connectivity index (χ4v) is 8.36. The van der Waals surface area contributed by atoms with Gasteiger partial charge in [0.1, 0.15) is 5.82 Å². The minimum absolute atomic E-state index is 0. The molecule has 0 spiro atoms. The molecule has 0 saturated carbocycles. The summed E-state index contributed by atoms with van der Waals surface area (Å²) in [5.41, 5.74) is 13.7. The Morgan fingerprint density at radius 2 is 1.20 bits per heavy atom. The molecule has 0 radical (unpaired) electrons. The third-order valence-electron chi connectivity index (χ3n) is 12.2. The topological polar surface area (TPSA) is 42.3 Å². The number of nitrogens with one attached hydrogen (secondary N) is 1. The molecule has 0 aliphatic rings. The first-order chi connectivity index (χ1) is 31.0. The smallest absolute Gasteiger partial charge is 0.135 e. The number of fused-ring (bicyclic) bond motifs is 3. The molecule has 5 nitrogen and oxygen atoms in total. The van der Waals surface area contributed by atoms with Gasteiger partial charge in [-0.3, -0.25) is 7.05 Å². The average molecular weight is 1050 g/mol. The van der Waals surface area contributed by atoms with E-state index in [1.165, 1.54) is 33.4 Å². The Morgan fingerprint density at radius 1 is 0.545 bits per heavy atom. The number of hydrogen-bond donors (Lipinski definition) is 1. The normalized spacial score (nSPS) is 12.0. The standard InChI is InChI=1S/C60H57N4O.Pt/c1-58(2,3)44-25-29-55(53(36-44)62-47-33-43(41-20-15-12-16-21-41)32-46(35-47)60(7,8)9)63(10)48-22-17-23-49(38-48)65-50-26-27-51-52-34-42(40-18-13-11-14-19-40)24-28-54(52)64(56(51)39-50)57-37-45(30-31-61-57)59(4,5)6;/h11-37,62H,10H2,1-9H3;/q-3;. The van der Waals surface area contributed by atoms with Crippen LogP contribution in [0.25, 0.3) is 49.9 Å². The minimum Gasteiger partial charge on any atom is -0.516 e. The zero-order chi connectivity index (χ0) is 45.7. The molecule has 0 amide bonds. The molecule has 0 fully saturated rings. The van der Waals surface area contributed by atoms with Gasteiger partial charge in [-0.15, -0.1) is 41.4 Å². The van der Waals surface area contributed by atoms with Gasteiger partial charge in [0, 0.05) is 55.7 Å². The van der Waals surface area contributed by atoms with Gasteiger partial charge in [-0.25, -0.2) is 4.98 Å². The predicted octanol–water partition coefficient (Wildman–Crippen LogP) is 16.5. The zero-order valence-corrected chi connectivity index (χ0v) is 41.6. The van der Waals surface area contributed by atoms with Gasteiger partial charge in [-0.1, -0.05) is 153 Å². The van der Waals surface area contributed by atoms with Crippen LogP contribution >= 0.6 is 0 Å². The molecule has 0 atom stereocenters. The maximum absolute atomic E-state index is 6.65. The van der Waals surface area contributed by atoms with E-state index < -0.39 is 0 Å². The Morgan fingerprint density at radius 3 is 1.88 bits per heavy atom. The van der Waals surface area contributed by atoms with E-state index >= 15 is 0 Å². The first kappa shape index (κ1) is 46.1. The Labute approximate surface area is 405 Å². The molecule has 9 aromatic rings. The molecule has 0 unspecified atom stereocenters. The number of hydrogen-bond acceptors (Lipinski definition) is 4. The summed E-state index contributed by atoms with van der Waals surface area (Å²) in [6.45, 7) is 20.2. The first-order valence-electron chi connectivity index (χ1n) is 22.5. The molecule has 0 bridgehead atoms. The molecule has 2 heterocycles. The van der Waals surface area contributed by atoms with Crippen LogP contribution in [0.5, 0.6) is 11.5 Å². The van der Waals surface area contributed by atoms with Gasteiger partial charge in [0.25, 0.3) is 0 Å². The summed E-state index contributed by atoms with van der Waals surface area (Å²) < 4.78 is 8.85. The van der Waals surface area contributed by atoms with Crippen LogP contribution in [0.4, 0.5) is 22.7 Å². The number of rotatable bonds is 9. The molecule has 9 rings (SSSR count). The van der Waals surface area contributed by atoms with Crippen LogP contribution in [0, 0.1) is 19.2 Å². The van der Waals surface area contributed by atoms with E-state index in [4.69, 9.17) is 9.72 Å². The molecule has 2 aromatic heterocycles. The van der Waals surface area contributed by atoms with Gasteiger partial charge in [0.15, 0.2) is 0 Å². The Hall–Kier alpha value is -6.42. The second-order valence-electron chi connectivity index (χ2n) is 20.1. The van der Waals surface area contributed by atoms with Crippen LogP contribution in [0.1, 0.15) is 79.0 Å². The van der Waals surface area contributed by atoms with Crippen molar-refractivity contribution in [2.45, 2.75) is 78.6 Å². The van der Waals surface area contributed by atoms with Crippen LogP contribution in [-0.4, -0.2) is 9.55 Å². The van der Waals surface area contributed by atoms with Gasteiger partial charge in [0.05, 0.1) is 5.69 Å². The van der Waals surface area contributed by atoms with Gasteiger partial charge in [-0.05, 0) is 103 Å². The van der Waals surface area contributed by atoms with Gasteiger partial charge in [0.2, 0.25) is 0 Å². The quantitative estimate of drug-likeness (QED) is 0.146. The van der Waals surface area contributed by atoms with Crippen molar-refractivity contribution in [3.63, 3.8) is 0 Å². The second-order valence-corrected chi connectivity index (χ2v) is 20.1. The van der Waals surface area contributed by atoms with Crippen LogP contribution in [0.15, 0.2) is 164 Å². The van der Waals surface area contributed by atoms with Crippen molar-refractivity contribution in [2.24, 2.45) is 0 Å². The third-order valence-corrected chi connectivity index (χ3v) is 12.2. The third kappa shape index (κ3) is 9.60. The molecule has 6 heteroatoms. The van der Waals surface area contributed by atoms with E-state index in [1.807, 2.05) is 41.4 Å². The molecule has 7 aromatic carbocycles. The van der Waals surface area contributed by atoms with Gasteiger partial charge >= 0.3 is 0 Å². The van der Waals surface area contributed by atoms with E-state index in [9.17, 15) is 0 Å². The van der Waals surface area contributed by atoms with Crippen LogP contribution in [0.2, 0.25) is 0 Å². The van der Waals surface area contributed by atoms with Crippen molar-refractivity contribution in [1.82, 2.24) is 9.55 Å². The van der Waals surface area contributed by atoms with Crippen molar-refractivity contribution in [3.05, 3.63) is 200 Å². The SMILES string of the molecule is [CH2-]N(c1[c-]c(Oc2[c-]c3c(cc2)c2cc(-c4ccccc4)ccc2n3-c2cc(C(C)(C)C)ccn2)ccc1)c1ccc(C(C)(C)C)cc1Nc1cc(-c2ccccc2)cc(C(C)(C)C)c1.[Pt]. The Kier molecular flexibility index (Phi) is 12.6. The molecular formula is C60H57N4OPt-3. The molecule has 0 aliphatic carbocycles. The molecule has 1 N–H and O–H groups in total. The summed E-state index contributed by atoms with van der Waals surface area (Å²) in [4.78, 5) is 6.84. The summed E-state index contributed by atoms with van der Waals surface area (Å²) in [5, 5.41) is 6.03. The number of benzene rings is 7. The first-order valence-corrected chi connectivity index (χ1v) is 22.5. The molecule has 0 saturated heterocycles. The van der Waals surface area contributed by atoms with Crippen molar-refractivity contribution in [1.29, 1.82) is 0 Å². The summed E-state index contributed by atoms with van der Waals surface area (Å²) >= 11 is 0. The van der Waals surface area contributed by atoms with E-state index in [0.717, 1.165) is 55.9 Å². The fourth-order valence-electron chi connectivity index (χ4n) is 8.36. The number of anilines is 4. The van der Waals surface area contributed by atoms with Crippen molar-refractivity contribution in [2.75, 3.05) is 10.2 Å². The van der Waals surface area contributed by atoms with Gasteiger partial charge < -0.3 is 19.5 Å². The fraction of sp³-hybridized carbons (Fsp3) is 0.200. The van der Waals surface area contributed by atoms with E-state index in [1.54, 1.807) is 0 Å². The Bertz CT molecular complexity index is 3170. The second kappa shape index (κ2) is 18.1. The zero-order valence-electron chi connectivity index (χ0n) is 39.4. The summed E-state index contributed by atoms with van der Waals surface area (Å²) in [7, 11) is 4.59. The Balaban J connectivity index is 0.00000592. The number of nitrogens with zero attached hydrogens (tertiary/aromatic N) is 3. The maximum atomic E-state index is 6.65. The predicted molar refractivity (Wildman–Crippen MR) is 273 cm³/mol. The van der Waals surface area contributed by atoms with Crippen LogP contribution in [-0.2, 0) is 37.3 Å². The van der Waals surface area contributed by atoms with Gasteiger partial charge in [-0.2, -0.15) is 12.1 Å². The maximum Gasteiger partial charge on any atom is 0.135 e. The van der Waals surface area contributed by atoms with Crippen molar-refractivity contribution in [3.8, 4) is 39.6 Å². The summed E-state index contributed by atoms with van der Waals surface area (Å²) in [5.74, 6) is 1.97. The molecular weight excluding hydrogens is 988 g/mol. The monoisotopic (exact) mass is 1040 g/mol. The van der Waals surface area contributed by atoms with Crippen molar-refractivity contribution >= 4 is 44.6 Å². The van der Waals surface area contributed by atoms with E-state index in [2.05, 4.69) is 219 Å². The number of aromatic nitrogens is 2. The molecule has 0 aliphatic heterocycles. The van der Waals surface area contributed by atoms with Crippen LogP contribution < -0.4 is 15.0 Å². The molecule has 336 valence electrons. The van der Waals surface area contributed by atoms with E-state index in [-0.39, 0.29) is 37.3 Å². The summed E-state index contributed by atoms with van der Waals surface area (Å²) in [6.07, 6.45) is 1.90.